The Balaban J connectivity index is 2.20. The third kappa shape index (κ3) is 4.55. The summed E-state index contributed by atoms with van der Waals surface area (Å²) in [7, 11) is 1.67. The Morgan fingerprint density at radius 3 is 2.81 bits per heavy atom. The molecule has 112 valence electrons. The molecular weight excluding hydrogens is 264 g/mol. The number of benzene rings is 1. The summed E-state index contributed by atoms with van der Waals surface area (Å²) in [6.07, 6.45) is 3.76. The van der Waals surface area contributed by atoms with E-state index in [9.17, 15) is 0 Å². The Hall–Kier alpha value is -1.91. The first kappa shape index (κ1) is 15.5. The van der Waals surface area contributed by atoms with E-state index in [-0.39, 0.29) is 0 Å². The first-order chi connectivity index (χ1) is 10.3. The largest absolute Gasteiger partial charge is 0.491 e. The molecule has 2 aromatic rings. The molecule has 1 aromatic carbocycles. The van der Waals surface area contributed by atoms with Gasteiger partial charge in [-0.2, -0.15) is 0 Å². The van der Waals surface area contributed by atoms with Crippen molar-refractivity contribution in [1.29, 1.82) is 0 Å². The van der Waals surface area contributed by atoms with Crippen LogP contribution in [0.3, 0.4) is 0 Å². The third-order valence-corrected chi connectivity index (χ3v) is 3.12. The third-order valence-electron chi connectivity index (χ3n) is 3.12. The Labute approximate surface area is 126 Å². The number of rotatable bonds is 8. The lowest BCUT2D eigenvalue weighted by Gasteiger charge is -2.12. The fourth-order valence-electron chi connectivity index (χ4n) is 2.07. The first-order valence-electron chi connectivity index (χ1n) is 7.21. The maximum absolute atomic E-state index is 5.78. The number of hydrogen-bond acceptors (Lipinski definition) is 4. The molecule has 0 saturated carbocycles. The highest BCUT2D eigenvalue weighted by Gasteiger charge is 2.07. The molecule has 0 atom stereocenters. The Bertz CT molecular complexity index is 558. The topological polar surface area (TPSA) is 43.4 Å². The zero-order chi connectivity index (χ0) is 14.9. The second-order valence-corrected chi connectivity index (χ2v) is 4.70. The number of para-hydroxylation sites is 1. The maximum atomic E-state index is 5.78. The van der Waals surface area contributed by atoms with Crippen LogP contribution in [0.15, 0.2) is 42.7 Å². The molecule has 2 rings (SSSR count). The molecule has 0 spiro atoms. The fraction of sp³-hybridized carbons (Fsp3) is 0.353. The SMILES string of the molecule is CCNCc1cncc(-c2ccccc2OCCOC)c1. The molecule has 21 heavy (non-hydrogen) atoms. The normalized spacial score (nSPS) is 10.6. The average molecular weight is 286 g/mol. The molecule has 1 N–H and O–H groups in total. The van der Waals surface area contributed by atoms with E-state index in [2.05, 4.69) is 29.4 Å². The Morgan fingerprint density at radius 1 is 1.14 bits per heavy atom. The van der Waals surface area contributed by atoms with Gasteiger partial charge in [0.2, 0.25) is 0 Å². The predicted octanol–water partition coefficient (Wildman–Crippen LogP) is 2.88. The van der Waals surface area contributed by atoms with Crippen LogP contribution in [-0.4, -0.2) is 31.9 Å². The highest BCUT2D eigenvalue weighted by atomic mass is 16.5. The second kappa shape index (κ2) is 8.39. The van der Waals surface area contributed by atoms with Crippen molar-refractivity contribution in [3.05, 3.63) is 48.3 Å². The minimum absolute atomic E-state index is 0.540. The van der Waals surface area contributed by atoms with E-state index in [1.807, 2.05) is 30.6 Å². The molecule has 4 heteroatoms. The zero-order valence-electron chi connectivity index (χ0n) is 12.6. The van der Waals surface area contributed by atoms with Crippen LogP contribution in [0.4, 0.5) is 0 Å². The van der Waals surface area contributed by atoms with Crippen molar-refractivity contribution in [1.82, 2.24) is 10.3 Å². The minimum Gasteiger partial charge on any atom is -0.491 e. The fourth-order valence-corrected chi connectivity index (χ4v) is 2.07. The number of aromatic nitrogens is 1. The molecule has 0 aliphatic rings. The van der Waals surface area contributed by atoms with E-state index in [1.165, 1.54) is 5.56 Å². The van der Waals surface area contributed by atoms with Crippen LogP contribution in [0.2, 0.25) is 0 Å². The van der Waals surface area contributed by atoms with Gasteiger partial charge in [0.15, 0.2) is 0 Å². The highest BCUT2D eigenvalue weighted by molar-refractivity contribution is 5.70. The van der Waals surface area contributed by atoms with Gasteiger partial charge in [-0.15, -0.1) is 0 Å². The van der Waals surface area contributed by atoms with Crippen molar-refractivity contribution in [2.75, 3.05) is 26.9 Å². The number of pyridine rings is 1. The lowest BCUT2D eigenvalue weighted by Crippen LogP contribution is -2.11. The molecule has 0 radical (unpaired) electrons. The van der Waals surface area contributed by atoms with Crippen molar-refractivity contribution in [2.24, 2.45) is 0 Å². The van der Waals surface area contributed by atoms with Gasteiger partial charge < -0.3 is 14.8 Å². The summed E-state index contributed by atoms with van der Waals surface area (Å²) in [5.41, 5.74) is 3.29. The van der Waals surface area contributed by atoms with Crippen molar-refractivity contribution < 1.29 is 9.47 Å². The summed E-state index contributed by atoms with van der Waals surface area (Å²) in [5.74, 6) is 0.858. The van der Waals surface area contributed by atoms with Gasteiger partial charge in [-0.05, 0) is 24.2 Å². The number of hydrogen-bond donors (Lipinski definition) is 1. The minimum atomic E-state index is 0.540. The van der Waals surface area contributed by atoms with Gasteiger partial charge >= 0.3 is 0 Å². The van der Waals surface area contributed by atoms with Gasteiger partial charge in [-0.1, -0.05) is 25.1 Å². The lowest BCUT2D eigenvalue weighted by atomic mass is 10.0. The zero-order valence-corrected chi connectivity index (χ0v) is 12.6. The molecule has 1 aromatic heterocycles. The molecule has 0 aliphatic carbocycles. The standard InChI is InChI=1S/C17H22N2O2/c1-3-18-11-14-10-15(13-19-12-14)16-6-4-5-7-17(16)21-9-8-20-2/h4-7,10,12-13,18H,3,8-9,11H2,1-2H3. The summed E-state index contributed by atoms with van der Waals surface area (Å²) in [4.78, 5) is 4.33. The molecule has 0 unspecified atom stereocenters. The van der Waals surface area contributed by atoms with Gasteiger partial charge in [0, 0.05) is 37.2 Å². The van der Waals surface area contributed by atoms with E-state index in [1.54, 1.807) is 7.11 Å². The van der Waals surface area contributed by atoms with Crippen LogP contribution in [0.5, 0.6) is 5.75 Å². The summed E-state index contributed by atoms with van der Waals surface area (Å²) in [6.45, 7) is 4.98. The monoisotopic (exact) mass is 286 g/mol. The van der Waals surface area contributed by atoms with E-state index in [0.29, 0.717) is 13.2 Å². The van der Waals surface area contributed by atoms with Gasteiger partial charge in [0.1, 0.15) is 12.4 Å². The van der Waals surface area contributed by atoms with Crippen LogP contribution in [0.25, 0.3) is 11.1 Å². The molecule has 4 nitrogen and oxygen atoms in total. The summed E-state index contributed by atoms with van der Waals surface area (Å²) >= 11 is 0. The molecule has 0 bridgehead atoms. The quantitative estimate of drug-likeness (QED) is 0.758. The first-order valence-corrected chi connectivity index (χ1v) is 7.21. The predicted molar refractivity (Wildman–Crippen MR) is 84.4 cm³/mol. The number of nitrogens with one attached hydrogen (secondary N) is 1. The summed E-state index contributed by atoms with van der Waals surface area (Å²) < 4.78 is 10.8. The van der Waals surface area contributed by atoms with E-state index < -0.39 is 0 Å². The Kier molecular flexibility index (Phi) is 6.19. The Morgan fingerprint density at radius 2 is 2.00 bits per heavy atom. The van der Waals surface area contributed by atoms with Crippen molar-refractivity contribution in [2.45, 2.75) is 13.5 Å². The van der Waals surface area contributed by atoms with Gasteiger partial charge in [-0.25, -0.2) is 0 Å². The molecule has 0 amide bonds. The van der Waals surface area contributed by atoms with Gasteiger partial charge in [0.25, 0.3) is 0 Å². The van der Waals surface area contributed by atoms with Crippen LogP contribution in [-0.2, 0) is 11.3 Å². The van der Waals surface area contributed by atoms with Crippen molar-refractivity contribution in [3.63, 3.8) is 0 Å². The molecule has 0 aliphatic heterocycles. The van der Waals surface area contributed by atoms with Crippen LogP contribution in [0.1, 0.15) is 12.5 Å². The van der Waals surface area contributed by atoms with Crippen LogP contribution < -0.4 is 10.1 Å². The summed E-state index contributed by atoms with van der Waals surface area (Å²) in [6, 6.07) is 10.2. The maximum Gasteiger partial charge on any atom is 0.127 e. The lowest BCUT2D eigenvalue weighted by molar-refractivity contribution is 0.146. The van der Waals surface area contributed by atoms with E-state index in [0.717, 1.165) is 30.0 Å². The number of ether oxygens (including phenoxy) is 2. The van der Waals surface area contributed by atoms with Gasteiger partial charge in [-0.3, -0.25) is 4.98 Å². The summed E-state index contributed by atoms with van der Waals surface area (Å²) in [5, 5.41) is 3.31. The number of nitrogens with zero attached hydrogens (tertiary/aromatic N) is 1. The highest BCUT2D eigenvalue weighted by Crippen LogP contribution is 2.29. The van der Waals surface area contributed by atoms with Gasteiger partial charge in [0.05, 0.1) is 6.61 Å². The van der Waals surface area contributed by atoms with Crippen molar-refractivity contribution in [3.8, 4) is 16.9 Å². The van der Waals surface area contributed by atoms with Crippen molar-refractivity contribution >= 4 is 0 Å². The molecule has 1 heterocycles. The molecule has 0 fully saturated rings. The molecular formula is C17H22N2O2. The molecule has 0 saturated heterocycles. The second-order valence-electron chi connectivity index (χ2n) is 4.70. The van der Waals surface area contributed by atoms with E-state index >= 15 is 0 Å². The smallest absolute Gasteiger partial charge is 0.127 e. The van der Waals surface area contributed by atoms with E-state index in [4.69, 9.17) is 9.47 Å². The van der Waals surface area contributed by atoms with Crippen LogP contribution >= 0.6 is 0 Å². The van der Waals surface area contributed by atoms with Crippen LogP contribution in [0, 0.1) is 0 Å². The average Bonchev–Trinajstić information content (AvgIpc) is 2.54. The number of methoxy groups -OCH3 is 1.